The molecule has 2 aromatic carbocycles. The van der Waals surface area contributed by atoms with Crippen LogP contribution in [-0.4, -0.2) is 15.5 Å². The van der Waals surface area contributed by atoms with E-state index in [0.717, 1.165) is 27.7 Å². The van der Waals surface area contributed by atoms with Crippen LogP contribution in [0, 0.1) is 13.8 Å². The Morgan fingerprint density at radius 3 is 2.55 bits per heavy atom. The van der Waals surface area contributed by atoms with E-state index in [0.29, 0.717) is 24.5 Å². The van der Waals surface area contributed by atoms with Crippen LogP contribution in [-0.2, 0) is 13.1 Å². The molecular weight excluding hydrogens is 360 g/mol. The van der Waals surface area contributed by atoms with Crippen molar-refractivity contribution in [2.24, 2.45) is 0 Å². The number of anilines is 1. The Bertz CT molecular complexity index is 1160. The van der Waals surface area contributed by atoms with Gasteiger partial charge in [-0.1, -0.05) is 48.5 Å². The molecule has 146 valence electrons. The summed E-state index contributed by atoms with van der Waals surface area (Å²) in [7, 11) is 0. The van der Waals surface area contributed by atoms with E-state index in [-0.39, 0.29) is 5.91 Å². The van der Waals surface area contributed by atoms with Crippen LogP contribution in [0.4, 0.5) is 5.82 Å². The van der Waals surface area contributed by atoms with Gasteiger partial charge in [-0.3, -0.25) is 4.79 Å². The summed E-state index contributed by atoms with van der Waals surface area (Å²) >= 11 is 0. The molecular formula is C24H24N4O. The Balaban J connectivity index is 1.61. The van der Waals surface area contributed by atoms with Gasteiger partial charge in [-0.05, 0) is 42.7 Å². The fourth-order valence-corrected chi connectivity index (χ4v) is 3.76. The molecule has 3 N–H and O–H groups in total. The van der Waals surface area contributed by atoms with Crippen molar-refractivity contribution in [1.82, 2.24) is 14.9 Å². The minimum Gasteiger partial charge on any atom is -0.384 e. The number of benzene rings is 2. The molecule has 2 heterocycles. The first-order valence-electron chi connectivity index (χ1n) is 9.65. The van der Waals surface area contributed by atoms with Crippen molar-refractivity contribution >= 4 is 22.6 Å². The number of aromatic nitrogens is 2. The lowest BCUT2D eigenvalue weighted by atomic mass is 10.1. The number of amides is 1. The van der Waals surface area contributed by atoms with E-state index in [1.807, 2.05) is 68.6 Å². The number of carbonyl (C=O) groups is 1. The maximum Gasteiger partial charge on any atom is 0.253 e. The Kier molecular flexibility index (Phi) is 5.04. The van der Waals surface area contributed by atoms with Gasteiger partial charge in [0.05, 0.1) is 5.56 Å². The number of hydrogen-bond donors (Lipinski definition) is 2. The molecule has 0 saturated carbocycles. The molecule has 0 spiro atoms. The summed E-state index contributed by atoms with van der Waals surface area (Å²) in [6.07, 6.45) is 1.94. The van der Waals surface area contributed by atoms with E-state index >= 15 is 0 Å². The second-order valence-electron chi connectivity index (χ2n) is 7.28. The topological polar surface area (TPSA) is 72.9 Å². The number of nitrogens with zero attached hydrogens (tertiary/aromatic N) is 2. The van der Waals surface area contributed by atoms with Crippen LogP contribution < -0.4 is 11.1 Å². The SMILES string of the molecule is Cc1cc(N)nc(C)c1CNC(=O)c1cn(Cc2ccccc2)c2ccccc12. The zero-order valence-electron chi connectivity index (χ0n) is 16.6. The molecule has 4 rings (SSSR count). The van der Waals surface area contributed by atoms with Crippen molar-refractivity contribution in [3.63, 3.8) is 0 Å². The van der Waals surface area contributed by atoms with Crippen LogP contribution in [0.3, 0.4) is 0 Å². The van der Waals surface area contributed by atoms with Gasteiger partial charge >= 0.3 is 0 Å². The van der Waals surface area contributed by atoms with E-state index in [1.54, 1.807) is 0 Å². The van der Waals surface area contributed by atoms with Crippen molar-refractivity contribution in [3.8, 4) is 0 Å². The van der Waals surface area contributed by atoms with Gasteiger partial charge in [0, 0.05) is 35.9 Å². The smallest absolute Gasteiger partial charge is 0.253 e. The summed E-state index contributed by atoms with van der Waals surface area (Å²) in [5, 5.41) is 4.00. The van der Waals surface area contributed by atoms with E-state index in [2.05, 4.69) is 27.0 Å². The highest BCUT2D eigenvalue weighted by Crippen LogP contribution is 2.23. The molecule has 0 aliphatic rings. The van der Waals surface area contributed by atoms with Crippen LogP contribution in [0.25, 0.3) is 10.9 Å². The standard InChI is InChI=1S/C24H24N4O/c1-16-12-23(25)27-17(2)20(16)13-26-24(29)21-15-28(14-18-8-4-3-5-9-18)22-11-7-6-10-19(21)22/h3-12,15H,13-14H2,1-2H3,(H2,25,27)(H,26,29). The molecule has 0 unspecified atom stereocenters. The van der Waals surface area contributed by atoms with Crippen LogP contribution in [0.15, 0.2) is 66.9 Å². The van der Waals surface area contributed by atoms with Gasteiger partial charge < -0.3 is 15.6 Å². The fourth-order valence-electron chi connectivity index (χ4n) is 3.76. The maximum atomic E-state index is 13.0. The molecule has 0 saturated heterocycles. The second-order valence-corrected chi connectivity index (χ2v) is 7.28. The second kappa shape index (κ2) is 7.80. The average Bonchev–Trinajstić information content (AvgIpc) is 3.06. The molecule has 0 aliphatic heterocycles. The zero-order chi connectivity index (χ0) is 20.4. The van der Waals surface area contributed by atoms with E-state index in [4.69, 9.17) is 5.73 Å². The maximum absolute atomic E-state index is 13.0. The fraction of sp³-hybridized carbons (Fsp3) is 0.167. The predicted molar refractivity (Wildman–Crippen MR) is 117 cm³/mol. The lowest BCUT2D eigenvalue weighted by molar-refractivity contribution is 0.0952. The molecule has 0 radical (unpaired) electrons. The summed E-state index contributed by atoms with van der Waals surface area (Å²) in [6, 6.07) is 20.1. The van der Waals surface area contributed by atoms with Crippen LogP contribution >= 0.6 is 0 Å². The quantitative estimate of drug-likeness (QED) is 0.541. The Hall–Kier alpha value is -3.60. The Morgan fingerprint density at radius 2 is 1.79 bits per heavy atom. The van der Waals surface area contributed by atoms with Gasteiger partial charge in [0.25, 0.3) is 5.91 Å². The largest absolute Gasteiger partial charge is 0.384 e. The minimum absolute atomic E-state index is 0.0939. The first-order chi connectivity index (χ1) is 14.0. The molecule has 2 aromatic heterocycles. The lowest BCUT2D eigenvalue weighted by Crippen LogP contribution is -2.24. The van der Waals surface area contributed by atoms with Gasteiger partial charge in [0.2, 0.25) is 0 Å². The lowest BCUT2D eigenvalue weighted by Gasteiger charge is -2.11. The van der Waals surface area contributed by atoms with Gasteiger partial charge in [0.1, 0.15) is 5.82 Å². The first-order valence-corrected chi connectivity index (χ1v) is 9.65. The number of nitrogen functional groups attached to an aromatic ring is 1. The van der Waals surface area contributed by atoms with Crippen LogP contribution in [0.2, 0.25) is 0 Å². The first kappa shape index (κ1) is 18.7. The number of nitrogens with one attached hydrogen (secondary N) is 1. The summed E-state index contributed by atoms with van der Waals surface area (Å²) in [5.74, 6) is 0.405. The number of hydrogen-bond acceptors (Lipinski definition) is 3. The Labute approximate surface area is 170 Å². The molecule has 29 heavy (non-hydrogen) atoms. The third kappa shape index (κ3) is 3.85. The number of carbonyl (C=O) groups excluding carboxylic acids is 1. The van der Waals surface area contributed by atoms with Gasteiger partial charge in [-0.15, -0.1) is 0 Å². The minimum atomic E-state index is -0.0939. The Morgan fingerprint density at radius 1 is 1.07 bits per heavy atom. The summed E-state index contributed by atoms with van der Waals surface area (Å²) < 4.78 is 2.13. The van der Waals surface area contributed by atoms with E-state index in [9.17, 15) is 4.79 Å². The van der Waals surface area contributed by atoms with Crippen LogP contribution in [0.5, 0.6) is 0 Å². The molecule has 0 atom stereocenters. The highest BCUT2D eigenvalue weighted by Gasteiger charge is 2.16. The number of nitrogens with two attached hydrogens (primary N) is 1. The van der Waals surface area contributed by atoms with E-state index in [1.165, 1.54) is 5.56 Å². The third-order valence-corrected chi connectivity index (χ3v) is 5.23. The third-order valence-electron chi connectivity index (χ3n) is 5.23. The molecule has 0 aliphatic carbocycles. The van der Waals surface area contributed by atoms with Gasteiger partial charge in [-0.2, -0.15) is 0 Å². The highest BCUT2D eigenvalue weighted by atomic mass is 16.1. The highest BCUT2D eigenvalue weighted by molar-refractivity contribution is 6.07. The summed E-state index contributed by atoms with van der Waals surface area (Å²) in [5.41, 5.74) is 11.6. The van der Waals surface area contributed by atoms with Gasteiger partial charge in [-0.25, -0.2) is 4.98 Å². The van der Waals surface area contributed by atoms with Crippen LogP contribution in [0.1, 0.15) is 32.7 Å². The predicted octanol–water partition coefficient (Wildman–Crippen LogP) is 4.21. The molecule has 1 amide bonds. The molecule has 0 fully saturated rings. The van der Waals surface area contributed by atoms with Gasteiger partial charge in [0.15, 0.2) is 0 Å². The zero-order valence-corrected chi connectivity index (χ0v) is 16.6. The van der Waals surface area contributed by atoms with Crippen molar-refractivity contribution < 1.29 is 4.79 Å². The number of aryl methyl sites for hydroxylation is 2. The average molecular weight is 384 g/mol. The monoisotopic (exact) mass is 384 g/mol. The number of pyridine rings is 1. The molecule has 4 aromatic rings. The number of rotatable bonds is 5. The summed E-state index contributed by atoms with van der Waals surface area (Å²) in [4.78, 5) is 17.3. The number of para-hydroxylation sites is 1. The molecule has 5 nitrogen and oxygen atoms in total. The molecule has 5 heteroatoms. The van der Waals surface area contributed by atoms with Crippen molar-refractivity contribution in [3.05, 3.63) is 94.8 Å². The van der Waals surface area contributed by atoms with Crippen molar-refractivity contribution in [1.29, 1.82) is 0 Å². The normalized spacial score (nSPS) is 11.0. The number of fused-ring (bicyclic) bond motifs is 1. The van der Waals surface area contributed by atoms with Crippen molar-refractivity contribution in [2.75, 3.05) is 5.73 Å². The van der Waals surface area contributed by atoms with E-state index < -0.39 is 0 Å². The summed E-state index contributed by atoms with van der Waals surface area (Å²) in [6.45, 7) is 5.03. The molecule has 0 bridgehead atoms. The van der Waals surface area contributed by atoms with Crippen molar-refractivity contribution in [2.45, 2.75) is 26.9 Å².